The summed E-state index contributed by atoms with van der Waals surface area (Å²) in [6, 6.07) is 10.6. The Morgan fingerprint density at radius 2 is 1.76 bits per heavy atom. The Labute approximate surface area is 151 Å². The largest absolute Gasteiger partial charge is 0.391 e. The molecule has 1 heterocycles. The van der Waals surface area contributed by atoms with Gasteiger partial charge in [-0.3, -0.25) is 4.90 Å². The van der Waals surface area contributed by atoms with Crippen molar-refractivity contribution in [2.24, 2.45) is 0 Å². The predicted molar refractivity (Wildman–Crippen MR) is 102 cm³/mol. The summed E-state index contributed by atoms with van der Waals surface area (Å²) in [5.41, 5.74) is 1.28. The number of hydrogen-bond donors (Lipinski definition) is 3. The fourth-order valence-electron chi connectivity index (χ4n) is 3.14. The Balaban J connectivity index is 1.65. The lowest BCUT2D eigenvalue weighted by Gasteiger charge is -2.39. The van der Waals surface area contributed by atoms with Gasteiger partial charge >= 0.3 is 6.03 Å². The van der Waals surface area contributed by atoms with E-state index in [0.717, 1.165) is 32.6 Å². The molecule has 6 heteroatoms. The minimum Gasteiger partial charge on any atom is -0.391 e. The molecule has 3 N–H and O–H groups in total. The molecule has 1 aromatic rings. The van der Waals surface area contributed by atoms with Gasteiger partial charge in [0, 0.05) is 51.0 Å². The maximum absolute atomic E-state index is 11.8. The van der Waals surface area contributed by atoms with Crippen LogP contribution in [0, 0.1) is 0 Å². The fourth-order valence-corrected chi connectivity index (χ4v) is 3.14. The average Bonchev–Trinajstić information content (AvgIpc) is 2.65. The summed E-state index contributed by atoms with van der Waals surface area (Å²) < 4.78 is 0. The van der Waals surface area contributed by atoms with Crippen LogP contribution in [0.5, 0.6) is 0 Å². The first kappa shape index (κ1) is 19.5. The van der Waals surface area contributed by atoms with Crippen molar-refractivity contribution >= 4 is 11.7 Å². The fraction of sp³-hybridized carbons (Fsp3) is 0.632. The number of carbonyl (C=O) groups excluding carboxylic acids is 1. The Bertz CT molecular complexity index is 503. The highest BCUT2D eigenvalue weighted by molar-refractivity contribution is 5.73. The van der Waals surface area contributed by atoms with Crippen LogP contribution in [0.2, 0.25) is 0 Å². The zero-order valence-electron chi connectivity index (χ0n) is 15.4. The molecule has 0 aromatic heterocycles. The molecule has 0 aliphatic carbocycles. The lowest BCUT2D eigenvalue weighted by Crippen LogP contribution is -2.53. The predicted octanol–water partition coefficient (Wildman–Crippen LogP) is 1.66. The molecule has 1 aliphatic heterocycles. The van der Waals surface area contributed by atoms with Crippen molar-refractivity contribution in [1.82, 2.24) is 15.5 Å². The number of rotatable bonds is 8. The smallest absolute Gasteiger partial charge is 0.314 e. The van der Waals surface area contributed by atoms with E-state index in [-0.39, 0.29) is 6.03 Å². The van der Waals surface area contributed by atoms with Gasteiger partial charge in [0.05, 0.1) is 6.10 Å². The van der Waals surface area contributed by atoms with Gasteiger partial charge in [-0.1, -0.05) is 31.5 Å². The normalized spacial score (nSPS) is 17.8. The molecule has 2 atom stereocenters. The second-order valence-corrected chi connectivity index (χ2v) is 6.74. The van der Waals surface area contributed by atoms with E-state index >= 15 is 0 Å². The van der Waals surface area contributed by atoms with Gasteiger partial charge in [0.2, 0.25) is 0 Å². The summed E-state index contributed by atoms with van der Waals surface area (Å²) in [4.78, 5) is 16.6. The van der Waals surface area contributed by atoms with Crippen LogP contribution in [-0.4, -0.2) is 67.5 Å². The van der Waals surface area contributed by atoms with Gasteiger partial charge in [0.1, 0.15) is 0 Å². The van der Waals surface area contributed by atoms with Crippen molar-refractivity contribution in [2.75, 3.05) is 44.2 Å². The molecule has 2 amide bonds. The van der Waals surface area contributed by atoms with E-state index in [1.807, 2.05) is 13.0 Å². The van der Waals surface area contributed by atoms with Crippen LogP contribution in [0.3, 0.4) is 0 Å². The van der Waals surface area contributed by atoms with Crippen molar-refractivity contribution in [2.45, 2.75) is 38.8 Å². The summed E-state index contributed by atoms with van der Waals surface area (Å²) in [5, 5.41) is 15.3. The summed E-state index contributed by atoms with van der Waals surface area (Å²) in [7, 11) is 0. The van der Waals surface area contributed by atoms with E-state index in [1.54, 1.807) is 0 Å². The number of amides is 2. The molecule has 140 valence electrons. The van der Waals surface area contributed by atoms with Crippen molar-refractivity contribution in [3.05, 3.63) is 30.3 Å². The van der Waals surface area contributed by atoms with Crippen molar-refractivity contribution in [1.29, 1.82) is 0 Å². The topological polar surface area (TPSA) is 67.8 Å². The lowest BCUT2D eigenvalue weighted by molar-refractivity contribution is 0.159. The number of piperazine rings is 1. The molecule has 25 heavy (non-hydrogen) atoms. The highest BCUT2D eigenvalue weighted by atomic mass is 16.3. The summed E-state index contributed by atoms with van der Waals surface area (Å²) in [6.45, 7) is 9.08. The Morgan fingerprint density at radius 1 is 1.12 bits per heavy atom. The van der Waals surface area contributed by atoms with E-state index in [9.17, 15) is 9.90 Å². The molecule has 1 aromatic carbocycles. The third-order valence-corrected chi connectivity index (χ3v) is 4.74. The van der Waals surface area contributed by atoms with E-state index in [0.29, 0.717) is 25.6 Å². The first-order valence-electron chi connectivity index (χ1n) is 9.34. The third kappa shape index (κ3) is 6.55. The van der Waals surface area contributed by atoms with E-state index in [4.69, 9.17) is 0 Å². The van der Waals surface area contributed by atoms with Crippen LogP contribution in [0.25, 0.3) is 0 Å². The van der Waals surface area contributed by atoms with Crippen LogP contribution in [0.4, 0.5) is 10.5 Å². The van der Waals surface area contributed by atoms with Crippen molar-refractivity contribution < 1.29 is 9.90 Å². The highest BCUT2D eigenvalue weighted by Crippen LogP contribution is 2.16. The van der Waals surface area contributed by atoms with Crippen LogP contribution in [0.1, 0.15) is 26.7 Å². The van der Waals surface area contributed by atoms with Gasteiger partial charge in [-0.05, 0) is 25.5 Å². The molecule has 1 fully saturated rings. The number of hydrogen-bond acceptors (Lipinski definition) is 4. The molecule has 0 bridgehead atoms. The quantitative estimate of drug-likeness (QED) is 0.668. The number of carbonyl (C=O) groups is 1. The number of para-hydroxylation sites is 1. The molecule has 0 radical (unpaired) electrons. The Kier molecular flexibility index (Phi) is 8.01. The standard InChI is InChI=1S/C19H32N4O2/c1-3-7-18(24)15-21-19(25)20-14-16(2)22-10-12-23(13-11-22)17-8-5-4-6-9-17/h4-6,8-9,16,18,24H,3,7,10-15H2,1-2H3,(H2,20,21,25). The Hall–Kier alpha value is -1.79. The lowest BCUT2D eigenvalue weighted by atomic mass is 10.2. The molecular weight excluding hydrogens is 316 g/mol. The van der Waals surface area contributed by atoms with Gasteiger partial charge in [0.25, 0.3) is 0 Å². The minimum absolute atomic E-state index is 0.204. The number of benzene rings is 1. The monoisotopic (exact) mass is 348 g/mol. The van der Waals surface area contributed by atoms with Crippen LogP contribution < -0.4 is 15.5 Å². The zero-order valence-corrected chi connectivity index (χ0v) is 15.4. The van der Waals surface area contributed by atoms with E-state index < -0.39 is 6.10 Å². The second kappa shape index (κ2) is 10.3. The summed E-state index contributed by atoms with van der Waals surface area (Å²) in [6.07, 6.45) is 1.16. The maximum atomic E-state index is 11.8. The molecule has 0 saturated carbocycles. The molecule has 2 unspecified atom stereocenters. The van der Waals surface area contributed by atoms with Gasteiger partial charge in [-0.2, -0.15) is 0 Å². The molecular formula is C19H32N4O2. The number of aliphatic hydroxyl groups is 1. The van der Waals surface area contributed by atoms with Crippen molar-refractivity contribution in [3.63, 3.8) is 0 Å². The Morgan fingerprint density at radius 3 is 2.40 bits per heavy atom. The van der Waals surface area contributed by atoms with Crippen molar-refractivity contribution in [3.8, 4) is 0 Å². The molecule has 1 aliphatic rings. The molecule has 6 nitrogen and oxygen atoms in total. The number of anilines is 1. The SMILES string of the molecule is CCCC(O)CNC(=O)NCC(C)N1CCN(c2ccccc2)CC1. The first-order valence-corrected chi connectivity index (χ1v) is 9.34. The van der Waals surface area contributed by atoms with Crippen LogP contribution in [-0.2, 0) is 0 Å². The average molecular weight is 348 g/mol. The third-order valence-electron chi connectivity index (χ3n) is 4.74. The minimum atomic E-state index is -0.459. The number of nitrogens with zero attached hydrogens (tertiary/aromatic N) is 2. The number of aliphatic hydroxyl groups excluding tert-OH is 1. The highest BCUT2D eigenvalue weighted by Gasteiger charge is 2.21. The van der Waals surface area contributed by atoms with E-state index in [2.05, 4.69) is 51.6 Å². The number of urea groups is 1. The van der Waals surface area contributed by atoms with Gasteiger partial charge < -0.3 is 20.6 Å². The van der Waals surface area contributed by atoms with E-state index in [1.165, 1.54) is 5.69 Å². The van der Waals surface area contributed by atoms with Gasteiger partial charge in [-0.15, -0.1) is 0 Å². The maximum Gasteiger partial charge on any atom is 0.314 e. The molecule has 2 rings (SSSR count). The first-order chi connectivity index (χ1) is 12.1. The summed E-state index contributed by atoms with van der Waals surface area (Å²) in [5.74, 6) is 0. The second-order valence-electron chi connectivity index (χ2n) is 6.74. The molecule has 1 saturated heterocycles. The van der Waals surface area contributed by atoms with Gasteiger partial charge in [-0.25, -0.2) is 4.79 Å². The zero-order chi connectivity index (χ0) is 18.1. The number of nitrogens with one attached hydrogen (secondary N) is 2. The van der Waals surface area contributed by atoms with Gasteiger partial charge in [0.15, 0.2) is 0 Å². The molecule has 0 spiro atoms. The van der Waals surface area contributed by atoms with Crippen LogP contribution >= 0.6 is 0 Å². The summed E-state index contributed by atoms with van der Waals surface area (Å²) >= 11 is 0. The van der Waals surface area contributed by atoms with Crippen LogP contribution in [0.15, 0.2) is 30.3 Å².